The van der Waals surface area contributed by atoms with Crippen LogP contribution in [0.25, 0.3) is 0 Å². The molecule has 1 aliphatic rings. The summed E-state index contributed by atoms with van der Waals surface area (Å²) in [5.41, 5.74) is 0.545. The molecule has 0 saturated carbocycles. The minimum Gasteiger partial charge on any atom is -0.497 e. The van der Waals surface area contributed by atoms with Crippen molar-refractivity contribution >= 4 is 15.5 Å². The highest BCUT2D eigenvalue weighted by Gasteiger charge is 2.34. The molecular formula is C11H12N2O3S. The maximum absolute atomic E-state index is 12.0. The van der Waals surface area contributed by atoms with Crippen LogP contribution in [0, 0.1) is 11.3 Å². The molecule has 1 unspecified atom stereocenters. The number of methoxy groups -OCH3 is 1. The van der Waals surface area contributed by atoms with Crippen molar-refractivity contribution in [3.63, 3.8) is 0 Å². The number of nitriles is 1. The van der Waals surface area contributed by atoms with Crippen LogP contribution in [0.3, 0.4) is 0 Å². The Morgan fingerprint density at radius 2 is 2.24 bits per heavy atom. The van der Waals surface area contributed by atoms with Gasteiger partial charge in [-0.05, 0) is 12.1 Å². The molecule has 0 radical (unpaired) electrons. The summed E-state index contributed by atoms with van der Waals surface area (Å²) in [5, 5.41) is 8.94. The van der Waals surface area contributed by atoms with Crippen molar-refractivity contribution in [3.05, 3.63) is 18.2 Å². The molecule has 0 bridgehead atoms. The number of anilines is 1. The third-order valence-electron chi connectivity index (χ3n) is 2.88. The smallest absolute Gasteiger partial charge is 0.183 e. The highest BCUT2D eigenvalue weighted by molar-refractivity contribution is 7.91. The summed E-state index contributed by atoms with van der Waals surface area (Å²) >= 11 is 0. The van der Waals surface area contributed by atoms with E-state index in [4.69, 9.17) is 10.00 Å². The Morgan fingerprint density at radius 3 is 2.82 bits per heavy atom. The first kappa shape index (κ1) is 11.7. The average Bonchev–Trinajstić information content (AvgIpc) is 2.33. The maximum atomic E-state index is 12.0. The maximum Gasteiger partial charge on any atom is 0.183 e. The van der Waals surface area contributed by atoms with E-state index in [9.17, 15) is 8.42 Å². The van der Waals surface area contributed by atoms with E-state index in [1.165, 1.54) is 13.2 Å². The van der Waals surface area contributed by atoms with Crippen molar-refractivity contribution in [1.29, 1.82) is 5.26 Å². The molecule has 1 aliphatic heterocycles. The largest absolute Gasteiger partial charge is 0.497 e. The normalized spacial score (nSPS) is 21.5. The molecule has 90 valence electrons. The van der Waals surface area contributed by atoms with E-state index in [1.807, 2.05) is 6.07 Å². The van der Waals surface area contributed by atoms with Crippen LogP contribution in [0.4, 0.5) is 5.69 Å². The molecule has 0 spiro atoms. The molecule has 0 amide bonds. The molecule has 0 saturated heterocycles. The molecule has 0 aliphatic carbocycles. The van der Waals surface area contributed by atoms with Gasteiger partial charge in [-0.25, -0.2) is 8.42 Å². The molecule has 6 heteroatoms. The number of benzene rings is 1. The zero-order chi connectivity index (χ0) is 12.6. The predicted molar refractivity (Wildman–Crippen MR) is 62.9 cm³/mol. The van der Waals surface area contributed by atoms with Gasteiger partial charge < -0.3 is 9.64 Å². The van der Waals surface area contributed by atoms with Gasteiger partial charge in [-0.2, -0.15) is 5.26 Å². The molecule has 5 nitrogen and oxygen atoms in total. The fourth-order valence-corrected chi connectivity index (χ4v) is 3.58. The van der Waals surface area contributed by atoms with Gasteiger partial charge in [0.2, 0.25) is 0 Å². The lowest BCUT2D eigenvalue weighted by atomic mass is 10.2. The average molecular weight is 252 g/mol. The van der Waals surface area contributed by atoms with E-state index in [2.05, 4.69) is 0 Å². The number of fused-ring (bicyclic) bond motifs is 1. The van der Waals surface area contributed by atoms with E-state index in [0.717, 1.165) is 0 Å². The van der Waals surface area contributed by atoms with Crippen molar-refractivity contribution in [1.82, 2.24) is 0 Å². The number of sulfone groups is 1. The van der Waals surface area contributed by atoms with E-state index < -0.39 is 15.9 Å². The topological polar surface area (TPSA) is 70.4 Å². The number of hydrogen-bond donors (Lipinski definition) is 0. The third-order valence-corrected chi connectivity index (χ3v) is 4.63. The first-order valence-corrected chi connectivity index (χ1v) is 6.68. The standard InChI is InChI=1S/C11H12N2O3S/c1-13-8(6-12)7-17(14,15)11-5-9(16-2)3-4-10(11)13/h3-5,8H,7H2,1-2H3. The number of ether oxygens (including phenoxy) is 1. The molecule has 1 aromatic rings. The Labute approximate surface area is 100 Å². The van der Waals surface area contributed by atoms with Crippen molar-refractivity contribution < 1.29 is 13.2 Å². The molecule has 17 heavy (non-hydrogen) atoms. The molecular weight excluding hydrogens is 240 g/mol. The Hall–Kier alpha value is -1.74. The summed E-state index contributed by atoms with van der Waals surface area (Å²) in [6.45, 7) is 0. The zero-order valence-corrected chi connectivity index (χ0v) is 10.4. The monoisotopic (exact) mass is 252 g/mol. The van der Waals surface area contributed by atoms with Gasteiger partial charge in [-0.3, -0.25) is 0 Å². The summed E-state index contributed by atoms with van der Waals surface area (Å²) in [4.78, 5) is 1.90. The fourth-order valence-electron chi connectivity index (χ4n) is 1.86. The van der Waals surface area contributed by atoms with Crippen LogP contribution in [0.1, 0.15) is 0 Å². The van der Waals surface area contributed by atoms with Crippen LogP contribution >= 0.6 is 0 Å². The summed E-state index contributed by atoms with van der Waals surface area (Å²) in [6, 6.07) is 6.20. The highest BCUT2D eigenvalue weighted by Crippen LogP contribution is 2.34. The molecule has 1 aromatic carbocycles. The summed E-state index contributed by atoms with van der Waals surface area (Å²) in [5.74, 6) is 0.316. The van der Waals surface area contributed by atoms with Crippen LogP contribution in [0.2, 0.25) is 0 Å². The van der Waals surface area contributed by atoms with E-state index in [1.54, 1.807) is 24.1 Å². The SMILES string of the molecule is COc1ccc2c(c1)S(=O)(=O)CC(C#N)N2C. The predicted octanol–water partition coefficient (Wildman–Crippen LogP) is 0.811. The first-order valence-electron chi connectivity index (χ1n) is 5.03. The van der Waals surface area contributed by atoms with E-state index in [0.29, 0.717) is 11.4 Å². The summed E-state index contributed by atoms with van der Waals surface area (Å²) in [6.07, 6.45) is 0. The molecule has 2 rings (SSSR count). The van der Waals surface area contributed by atoms with E-state index >= 15 is 0 Å². The molecule has 0 aromatic heterocycles. The molecule has 1 atom stereocenters. The first-order chi connectivity index (χ1) is 7.99. The van der Waals surface area contributed by atoms with Crippen LogP contribution in [0.5, 0.6) is 5.75 Å². The van der Waals surface area contributed by atoms with Gasteiger partial charge >= 0.3 is 0 Å². The van der Waals surface area contributed by atoms with Crippen molar-refractivity contribution in [3.8, 4) is 11.8 Å². The molecule has 1 heterocycles. The summed E-state index contributed by atoms with van der Waals surface area (Å²) in [7, 11) is -0.212. The van der Waals surface area contributed by atoms with Gasteiger partial charge in [0.15, 0.2) is 9.84 Å². The Kier molecular flexibility index (Phi) is 2.71. The fraction of sp³-hybridized carbons (Fsp3) is 0.364. The lowest BCUT2D eigenvalue weighted by molar-refractivity contribution is 0.413. The summed E-state index contributed by atoms with van der Waals surface area (Å²) < 4.78 is 29.1. The molecule has 0 N–H and O–H groups in total. The van der Waals surface area contributed by atoms with Crippen LogP contribution in [0.15, 0.2) is 23.1 Å². The van der Waals surface area contributed by atoms with Crippen LogP contribution in [-0.2, 0) is 9.84 Å². The highest BCUT2D eigenvalue weighted by atomic mass is 32.2. The second-order valence-electron chi connectivity index (χ2n) is 3.87. The van der Waals surface area contributed by atoms with Gasteiger partial charge in [0.25, 0.3) is 0 Å². The molecule has 0 fully saturated rings. The number of hydrogen-bond acceptors (Lipinski definition) is 5. The minimum absolute atomic E-state index is 0.180. The third kappa shape index (κ3) is 1.83. The quantitative estimate of drug-likeness (QED) is 0.739. The Balaban J connectivity index is 2.65. The van der Waals surface area contributed by atoms with Crippen molar-refractivity contribution in [2.45, 2.75) is 10.9 Å². The second-order valence-corrected chi connectivity index (χ2v) is 5.87. The van der Waals surface area contributed by atoms with Crippen LogP contribution < -0.4 is 9.64 Å². The van der Waals surface area contributed by atoms with Gasteiger partial charge in [0, 0.05) is 13.1 Å². The second kappa shape index (κ2) is 3.93. The zero-order valence-electron chi connectivity index (χ0n) is 9.54. The minimum atomic E-state index is -3.41. The lowest BCUT2D eigenvalue weighted by Gasteiger charge is -2.31. The van der Waals surface area contributed by atoms with Crippen molar-refractivity contribution in [2.24, 2.45) is 0 Å². The van der Waals surface area contributed by atoms with Crippen molar-refractivity contribution in [2.75, 3.05) is 24.8 Å². The lowest BCUT2D eigenvalue weighted by Crippen LogP contribution is -2.41. The Morgan fingerprint density at radius 1 is 1.53 bits per heavy atom. The van der Waals surface area contributed by atoms with Gasteiger partial charge in [0.1, 0.15) is 11.8 Å². The van der Waals surface area contributed by atoms with Gasteiger partial charge in [-0.15, -0.1) is 0 Å². The van der Waals surface area contributed by atoms with E-state index in [-0.39, 0.29) is 10.6 Å². The number of nitrogens with zero attached hydrogens (tertiary/aromatic N) is 2. The number of rotatable bonds is 1. The van der Waals surface area contributed by atoms with Gasteiger partial charge in [0.05, 0.1) is 29.5 Å². The van der Waals surface area contributed by atoms with Crippen LogP contribution in [-0.4, -0.2) is 34.4 Å². The Bertz CT molecular complexity index is 589. The van der Waals surface area contributed by atoms with Gasteiger partial charge in [-0.1, -0.05) is 0 Å².